The van der Waals surface area contributed by atoms with Crippen LogP contribution in [0.5, 0.6) is 5.75 Å². The molecular formula is C12H12N2O2S. The van der Waals surface area contributed by atoms with Gasteiger partial charge in [0.05, 0.1) is 17.7 Å². The number of thiophene rings is 1. The number of methoxy groups -OCH3 is 1. The molecule has 0 atom stereocenters. The number of hydrogen-bond acceptors (Lipinski definition) is 4. The second kappa shape index (κ2) is 5.47. The van der Waals surface area contributed by atoms with Crippen molar-refractivity contribution in [2.75, 3.05) is 7.11 Å². The molecule has 0 spiro atoms. The van der Waals surface area contributed by atoms with Crippen molar-refractivity contribution in [3.63, 3.8) is 0 Å². The molecule has 0 bridgehead atoms. The molecule has 0 unspecified atom stereocenters. The topological polar surface area (TPSA) is 53.8 Å². The van der Waals surface area contributed by atoms with E-state index in [1.54, 1.807) is 7.11 Å². The molecule has 0 fully saturated rings. The zero-order chi connectivity index (χ0) is 12.1. The second-order valence-electron chi connectivity index (χ2n) is 3.25. The lowest BCUT2D eigenvalue weighted by atomic mass is 10.3. The van der Waals surface area contributed by atoms with Crippen LogP contribution in [0.1, 0.15) is 4.88 Å². The Labute approximate surface area is 103 Å². The number of rotatable bonds is 3. The van der Waals surface area contributed by atoms with Gasteiger partial charge in [-0.25, -0.2) is 4.99 Å². The maximum atomic E-state index is 9.06. The van der Waals surface area contributed by atoms with Gasteiger partial charge in [0.1, 0.15) is 5.75 Å². The highest BCUT2D eigenvalue weighted by atomic mass is 32.1. The predicted molar refractivity (Wildman–Crippen MR) is 68.4 cm³/mol. The summed E-state index contributed by atoms with van der Waals surface area (Å²) in [5.74, 6) is 1.21. The van der Waals surface area contributed by atoms with Crippen LogP contribution in [-0.4, -0.2) is 18.2 Å². The van der Waals surface area contributed by atoms with E-state index in [9.17, 15) is 0 Å². The molecule has 1 heterocycles. The van der Waals surface area contributed by atoms with Crippen LogP contribution in [0.25, 0.3) is 0 Å². The van der Waals surface area contributed by atoms with Crippen LogP contribution in [0.15, 0.2) is 46.8 Å². The molecule has 2 N–H and O–H groups in total. The van der Waals surface area contributed by atoms with E-state index < -0.39 is 0 Å². The highest BCUT2D eigenvalue weighted by molar-refractivity contribution is 7.12. The van der Waals surface area contributed by atoms with Crippen molar-refractivity contribution in [1.29, 1.82) is 0 Å². The molecule has 1 aromatic heterocycles. The summed E-state index contributed by atoms with van der Waals surface area (Å²) in [6.07, 6.45) is 0. The molecule has 0 aliphatic heterocycles. The Morgan fingerprint density at radius 3 is 2.59 bits per heavy atom. The monoisotopic (exact) mass is 248 g/mol. The van der Waals surface area contributed by atoms with Crippen LogP contribution in [-0.2, 0) is 0 Å². The summed E-state index contributed by atoms with van der Waals surface area (Å²) in [5, 5.41) is 11.0. The zero-order valence-electron chi connectivity index (χ0n) is 9.25. The van der Waals surface area contributed by atoms with Gasteiger partial charge in [-0.15, -0.1) is 11.3 Å². The van der Waals surface area contributed by atoms with Crippen LogP contribution in [0.2, 0.25) is 0 Å². The number of aliphatic imine (C=N–C) groups is 1. The summed E-state index contributed by atoms with van der Waals surface area (Å²) >= 11 is 1.50. The summed E-state index contributed by atoms with van der Waals surface area (Å²) < 4.78 is 5.06. The van der Waals surface area contributed by atoms with Crippen molar-refractivity contribution in [2.24, 2.45) is 4.99 Å². The predicted octanol–water partition coefficient (Wildman–Crippen LogP) is 2.81. The van der Waals surface area contributed by atoms with Gasteiger partial charge in [0, 0.05) is 0 Å². The minimum atomic E-state index is 0.435. The fourth-order valence-corrected chi connectivity index (χ4v) is 2.00. The Bertz CT molecular complexity index is 492. The van der Waals surface area contributed by atoms with E-state index in [2.05, 4.69) is 10.5 Å². The molecule has 0 radical (unpaired) electrons. The molecule has 88 valence electrons. The summed E-state index contributed by atoms with van der Waals surface area (Å²) in [7, 11) is 1.62. The van der Waals surface area contributed by atoms with Gasteiger partial charge in [-0.2, -0.15) is 0 Å². The van der Waals surface area contributed by atoms with E-state index in [0.29, 0.717) is 5.84 Å². The number of hydroxylamine groups is 1. The summed E-state index contributed by atoms with van der Waals surface area (Å²) in [6, 6.07) is 11.1. The largest absolute Gasteiger partial charge is 0.497 e. The lowest BCUT2D eigenvalue weighted by Crippen LogP contribution is -2.18. The number of amidine groups is 1. The zero-order valence-corrected chi connectivity index (χ0v) is 10.1. The summed E-state index contributed by atoms with van der Waals surface area (Å²) in [6.45, 7) is 0. The fraction of sp³-hybridized carbons (Fsp3) is 0.0833. The maximum Gasteiger partial charge on any atom is 0.167 e. The third-order valence-electron chi connectivity index (χ3n) is 2.17. The SMILES string of the molecule is COc1ccc(N=C(NO)c2cccs2)cc1. The number of ether oxygens (including phenoxy) is 1. The van der Waals surface area contributed by atoms with Crippen molar-refractivity contribution in [3.8, 4) is 5.75 Å². The Kier molecular flexibility index (Phi) is 3.74. The molecule has 2 aromatic rings. The van der Waals surface area contributed by atoms with Crippen LogP contribution in [0.4, 0.5) is 5.69 Å². The molecule has 4 nitrogen and oxygen atoms in total. The van der Waals surface area contributed by atoms with Gasteiger partial charge in [0.15, 0.2) is 5.84 Å². The Hall–Kier alpha value is -1.85. The first-order valence-electron chi connectivity index (χ1n) is 5.00. The van der Waals surface area contributed by atoms with Crippen molar-refractivity contribution in [2.45, 2.75) is 0 Å². The van der Waals surface area contributed by atoms with Crippen molar-refractivity contribution in [3.05, 3.63) is 46.7 Å². The molecule has 0 amide bonds. The van der Waals surface area contributed by atoms with E-state index in [1.165, 1.54) is 11.3 Å². The second-order valence-corrected chi connectivity index (χ2v) is 4.20. The lowest BCUT2D eigenvalue weighted by Gasteiger charge is -2.03. The van der Waals surface area contributed by atoms with Gasteiger partial charge in [-0.05, 0) is 35.7 Å². The standard InChI is InChI=1S/C12H12N2O2S/c1-16-10-6-4-9(5-7-10)13-12(14-15)11-3-2-8-17-11/h2-8,15H,1H3,(H,13,14). The van der Waals surface area contributed by atoms with Crippen LogP contribution in [0.3, 0.4) is 0 Å². The van der Waals surface area contributed by atoms with Gasteiger partial charge < -0.3 is 4.74 Å². The highest BCUT2D eigenvalue weighted by Crippen LogP contribution is 2.19. The average molecular weight is 248 g/mol. The smallest absolute Gasteiger partial charge is 0.167 e. The van der Waals surface area contributed by atoms with Crippen LogP contribution >= 0.6 is 11.3 Å². The first-order chi connectivity index (χ1) is 8.33. The first kappa shape index (κ1) is 11.6. The molecule has 2 rings (SSSR count). The molecule has 1 aromatic carbocycles. The minimum Gasteiger partial charge on any atom is -0.497 e. The normalized spacial score (nSPS) is 11.3. The van der Waals surface area contributed by atoms with E-state index in [-0.39, 0.29) is 0 Å². The van der Waals surface area contributed by atoms with Crippen molar-refractivity contribution < 1.29 is 9.94 Å². The molecule has 0 aliphatic rings. The first-order valence-corrected chi connectivity index (χ1v) is 5.88. The minimum absolute atomic E-state index is 0.435. The molecule has 0 saturated carbocycles. The lowest BCUT2D eigenvalue weighted by molar-refractivity contribution is 0.235. The van der Waals surface area contributed by atoms with Crippen LogP contribution in [0, 0.1) is 0 Å². The number of nitrogens with one attached hydrogen (secondary N) is 1. The van der Waals surface area contributed by atoms with Crippen molar-refractivity contribution >= 4 is 22.9 Å². The summed E-state index contributed by atoms with van der Waals surface area (Å²) in [5.41, 5.74) is 2.86. The number of nitrogens with zero attached hydrogens (tertiary/aromatic N) is 1. The molecule has 0 aliphatic carbocycles. The van der Waals surface area contributed by atoms with E-state index >= 15 is 0 Å². The Balaban J connectivity index is 2.26. The van der Waals surface area contributed by atoms with E-state index in [1.807, 2.05) is 41.8 Å². The Morgan fingerprint density at radius 1 is 1.29 bits per heavy atom. The van der Waals surface area contributed by atoms with Crippen molar-refractivity contribution in [1.82, 2.24) is 5.48 Å². The molecular weight excluding hydrogens is 236 g/mol. The molecule has 17 heavy (non-hydrogen) atoms. The quantitative estimate of drug-likeness (QED) is 0.499. The van der Waals surface area contributed by atoms with Gasteiger partial charge >= 0.3 is 0 Å². The van der Waals surface area contributed by atoms with E-state index in [0.717, 1.165) is 16.3 Å². The molecule has 0 saturated heterocycles. The molecule has 5 heteroatoms. The fourth-order valence-electron chi connectivity index (χ4n) is 1.33. The third-order valence-corrected chi connectivity index (χ3v) is 3.05. The Morgan fingerprint density at radius 2 is 2.06 bits per heavy atom. The van der Waals surface area contributed by atoms with Gasteiger partial charge in [-0.3, -0.25) is 10.7 Å². The highest BCUT2D eigenvalue weighted by Gasteiger charge is 2.03. The maximum absolute atomic E-state index is 9.06. The van der Waals surface area contributed by atoms with E-state index in [4.69, 9.17) is 9.94 Å². The van der Waals surface area contributed by atoms with Gasteiger partial charge in [-0.1, -0.05) is 6.07 Å². The number of hydrogen-bond donors (Lipinski definition) is 2. The van der Waals surface area contributed by atoms with Gasteiger partial charge in [0.2, 0.25) is 0 Å². The summed E-state index contributed by atoms with van der Waals surface area (Å²) in [4.78, 5) is 5.18. The third kappa shape index (κ3) is 2.83. The average Bonchev–Trinajstić information content (AvgIpc) is 2.90. The van der Waals surface area contributed by atoms with Crippen LogP contribution < -0.4 is 10.2 Å². The number of benzene rings is 1. The van der Waals surface area contributed by atoms with Gasteiger partial charge in [0.25, 0.3) is 0 Å².